The summed E-state index contributed by atoms with van der Waals surface area (Å²) in [5.74, 6) is 1.67. The quantitative estimate of drug-likeness (QED) is 0.705. The normalized spacial score (nSPS) is 27.1. The lowest BCUT2D eigenvalue weighted by atomic mass is 9.76. The maximum Gasteiger partial charge on any atom is 0.164 e. The average Bonchev–Trinajstić information content (AvgIpc) is 2.34. The van der Waals surface area contributed by atoms with E-state index in [-0.39, 0.29) is 12.0 Å². The summed E-state index contributed by atoms with van der Waals surface area (Å²) < 4.78 is 5.64. The molecule has 0 saturated heterocycles. The molecule has 1 rings (SSSR count). The Morgan fingerprint density at radius 2 is 2.00 bits per heavy atom. The molecule has 0 aliphatic heterocycles. The van der Waals surface area contributed by atoms with Gasteiger partial charge in [0.2, 0.25) is 0 Å². The zero-order chi connectivity index (χ0) is 12.8. The molecule has 0 bridgehead atoms. The summed E-state index contributed by atoms with van der Waals surface area (Å²) in [6, 6.07) is 0. The molecule has 0 heterocycles. The summed E-state index contributed by atoms with van der Waals surface area (Å²) in [5, 5.41) is 0. The number of hydrogen-bond donors (Lipinski definition) is 0. The number of ether oxygens (including phenoxy) is 1. The topological polar surface area (TPSA) is 26.3 Å². The Morgan fingerprint density at radius 1 is 1.29 bits per heavy atom. The molecule has 1 aliphatic rings. The van der Waals surface area contributed by atoms with Crippen molar-refractivity contribution >= 4 is 5.78 Å². The number of carbonyl (C=O) groups excluding carboxylic acids is 1. The van der Waals surface area contributed by atoms with Crippen molar-refractivity contribution < 1.29 is 9.53 Å². The van der Waals surface area contributed by atoms with Crippen LogP contribution in [0.15, 0.2) is 0 Å². The minimum absolute atomic E-state index is 0.180. The molecule has 0 aromatic heterocycles. The highest BCUT2D eigenvalue weighted by Gasteiger charge is 2.32. The van der Waals surface area contributed by atoms with Crippen LogP contribution in [-0.4, -0.2) is 18.5 Å². The van der Waals surface area contributed by atoms with Crippen LogP contribution in [0.3, 0.4) is 0 Å². The monoisotopic (exact) mass is 240 g/mol. The van der Waals surface area contributed by atoms with Gasteiger partial charge in [0.1, 0.15) is 6.10 Å². The molecule has 2 heteroatoms. The lowest BCUT2D eigenvalue weighted by Gasteiger charge is -2.31. The Morgan fingerprint density at radius 3 is 2.53 bits per heavy atom. The summed E-state index contributed by atoms with van der Waals surface area (Å²) in [7, 11) is 0. The number of hydrogen-bond acceptors (Lipinski definition) is 2. The molecule has 100 valence electrons. The first-order chi connectivity index (χ1) is 8.10. The van der Waals surface area contributed by atoms with E-state index >= 15 is 0 Å². The van der Waals surface area contributed by atoms with Crippen molar-refractivity contribution in [3.63, 3.8) is 0 Å². The van der Waals surface area contributed by atoms with Gasteiger partial charge in [-0.1, -0.05) is 40.0 Å². The van der Waals surface area contributed by atoms with Gasteiger partial charge in [-0.2, -0.15) is 0 Å². The average molecular weight is 240 g/mol. The Balaban J connectivity index is 2.59. The van der Waals surface area contributed by atoms with E-state index < -0.39 is 0 Å². The first-order valence-corrected chi connectivity index (χ1v) is 7.25. The smallest absolute Gasteiger partial charge is 0.164 e. The Bertz CT molecular complexity index is 235. The molecule has 3 atom stereocenters. The van der Waals surface area contributed by atoms with Crippen LogP contribution in [-0.2, 0) is 9.53 Å². The molecule has 2 nitrogen and oxygen atoms in total. The van der Waals surface area contributed by atoms with Gasteiger partial charge < -0.3 is 4.74 Å². The van der Waals surface area contributed by atoms with Crippen LogP contribution < -0.4 is 0 Å². The minimum Gasteiger partial charge on any atom is -0.370 e. The maximum atomic E-state index is 12.5. The lowest BCUT2D eigenvalue weighted by Crippen LogP contribution is -2.37. The van der Waals surface area contributed by atoms with Crippen LogP contribution in [0, 0.1) is 17.8 Å². The van der Waals surface area contributed by atoms with E-state index in [2.05, 4.69) is 20.8 Å². The first-order valence-electron chi connectivity index (χ1n) is 7.25. The third-order valence-electron chi connectivity index (χ3n) is 3.99. The number of carbonyl (C=O) groups is 1. The number of rotatable bonds is 6. The summed E-state index contributed by atoms with van der Waals surface area (Å²) in [6.45, 7) is 9.01. The fourth-order valence-corrected chi connectivity index (χ4v) is 2.94. The Kier molecular flexibility index (Phi) is 6.18. The molecule has 0 aromatic carbocycles. The summed E-state index contributed by atoms with van der Waals surface area (Å²) >= 11 is 0. The molecule has 3 unspecified atom stereocenters. The molecule has 1 fully saturated rings. The molecular weight excluding hydrogens is 212 g/mol. The fourth-order valence-electron chi connectivity index (χ4n) is 2.94. The van der Waals surface area contributed by atoms with Crippen LogP contribution in [0.2, 0.25) is 0 Å². The van der Waals surface area contributed by atoms with Crippen molar-refractivity contribution in [2.24, 2.45) is 17.8 Å². The van der Waals surface area contributed by atoms with E-state index in [1.165, 1.54) is 19.3 Å². The molecule has 17 heavy (non-hydrogen) atoms. The molecule has 0 amide bonds. The zero-order valence-corrected chi connectivity index (χ0v) is 11.9. The third kappa shape index (κ3) is 4.09. The molecule has 1 aliphatic carbocycles. The van der Waals surface area contributed by atoms with Gasteiger partial charge in [0.15, 0.2) is 5.78 Å². The minimum atomic E-state index is -0.180. The molecule has 0 spiro atoms. The largest absolute Gasteiger partial charge is 0.370 e. The van der Waals surface area contributed by atoms with E-state index in [1.54, 1.807) is 0 Å². The molecule has 0 radical (unpaired) electrons. The first kappa shape index (κ1) is 14.7. The molecule has 0 aromatic rings. The highest BCUT2D eigenvalue weighted by Crippen LogP contribution is 2.33. The van der Waals surface area contributed by atoms with E-state index in [9.17, 15) is 4.79 Å². The van der Waals surface area contributed by atoms with E-state index in [4.69, 9.17) is 4.74 Å². The zero-order valence-electron chi connectivity index (χ0n) is 11.9. The highest BCUT2D eigenvalue weighted by molar-refractivity contribution is 5.85. The highest BCUT2D eigenvalue weighted by atomic mass is 16.5. The van der Waals surface area contributed by atoms with E-state index in [0.29, 0.717) is 18.3 Å². The summed E-state index contributed by atoms with van der Waals surface area (Å²) in [6.07, 6.45) is 5.72. The van der Waals surface area contributed by atoms with E-state index in [1.807, 2.05) is 6.92 Å². The predicted molar refractivity (Wildman–Crippen MR) is 71.0 cm³/mol. The van der Waals surface area contributed by atoms with Gasteiger partial charge in [-0.3, -0.25) is 4.79 Å². The van der Waals surface area contributed by atoms with Crippen molar-refractivity contribution in [1.29, 1.82) is 0 Å². The van der Waals surface area contributed by atoms with Crippen molar-refractivity contribution in [2.75, 3.05) is 6.61 Å². The third-order valence-corrected chi connectivity index (χ3v) is 3.99. The summed E-state index contributed by atoms with van der Waals surface area (Å²) in [5.41, 5.74) is 0. The lowest BCUT2D eigenvalue weighted by molar-refractivity contribution is -0.138. The predicted octanol–water partition coefficient (Wildman–Crippen LogP) is 3.83. The van der Waals surface area contributed by atoms with Gasteiger partial charge in [-0.15, -0.1) is 0 Å². The number of Topliss-reactive ketones (excluding diaryl/α,β-unsaturated/α-hetero) is 1. The van der Waals surface area contributed by atoms with Gasteiger partial charge in [0.25, 0.3) is 0 Å². The van der Waals surface area contributed by atoms with Crippen LogP contribution in [0.4, 0.5) is 0 Å². The van der Waals surface area contributed by atoms with Gasteiger partial charge in [-0.05, 0) is 31.6 Å². The van der Waals surface area contributed by atoms with Gasteiger partial charge in [-0.25, -0.2) is 0 Å². The van der Waals surface area contributed by atoms with Crippen LogP contribution in [0.5, 0.6) is 0 Å². The van der Waals surface area contributed by atoms with E-state index in [0.717, 1.165) is 18.8 Å². The van der Waals surface area contributed by atoms with Crippen LogP contribution in [0.1, 0.15) is 59.8 Å². The van der Waals surface area contributed by atoms with Gasteiger partial charge in [0.05, 0.1) is 0 Å². The maximum absolute atomic E-state index is 12.5. The standard InChI is InChI=1S/C15H28O2/c1-5-12-8-7-9-13(10-12)14(16)15(11(3)4)17-6-2/h11-13,15H,5-10H2,1-4H3. The fraction of sp³-hybridized carbons (Fsp3) is 0.933. The van der Waals surface area contributed by atoms with Crippen molar-refractivity contribution in [2.45, 2.75) is 65.9 Å². The molecular formula is C15H28O2. The van der Waals surface area contributed by atoms with Gasteiger partial charge >= 0.3 is 0 Å². The van der Waals surface area contributed by atoms with Crippen molar-refractivity contribution in [1.82, 2.24) is 0 Å². The second-order valence-corrected chi connectivity index (χ2v) is 5.66. The van der Waals surface area contributed by atoms with Crippen LogP contribution >= 0.6 is 0 Å². The number of ketones is 1. The van der Waals surface area contributed by atoms with Crippen molar-refractivity contribution in [3.05, 3.63) is 0 Å². The van der Waals surface area contributed by atoms with Crippen LogP contribution in [0.25, 0.3) is 0 Å². The second-order valence-electron chi connectivity index (χ2n) is 5.66. The van der Waals surface area contributed by atoms with Gasteiger partial charge in [0, 0.05) is 12.5 Å². The second kappa shape index (κ2) is 7.15. The molecule has 1 saturated carbocycles. The molecule has 0 N–H and O–H groups in total. The van der Waals surface area contributed by atoms with Crippen molar-refractivity contribution in [3.8, 4) is 0 Å². The SMILES string of the molecule is CCOC(C(=O)C1CCCC(CC)C1)C(C)C. The Labute approximate surface area is 106 Å². The summed E-state index contributed by atoms with van der Waals surface area (Å²) in [4.78, 5) is 12.5. The Hall–Kier alpha value is -0.370.